The smallest absolute Gasteiger partial charge is 0.244 e. The van der Waals surface area contributed by atoms with Crippen molar-refractivity contribution in [3.63, 3.8) is 0 Å². The number of hydrogen-bond donors (Lipinski definition) is 1. The number of hydrogen-bond acceptors (Lipinski definition) is 1. The molecule has 0 radical (unpaired) electrons. The Kier molecular flexibility index (Phi) is 4.88. The molecule has 0 heterocycles. The van der Waals surface area contributed by atoms with Crippen LogP contribution in [-0.4, -0.2) is 5.91 Å². The first-order valence-electron chi connectivity index (χ1n) is 6.85. The number of carbonyl (C=O) groups is 1. The van der Waals surface area contributed by atoms with E-state index in [0.717, 1.165) is 16.7 Å². The number of aryl methyl sites for hydroxylation is 1. The number of nitrogens with one attached hydrogen (secondary N) is 1. The van der Waals surface area contributed by atoms with E-state index in [0.29, 0.717) is 0 Å². The molecule has 2 aromatic carbocycles. The van der Waals surface area contributed by atoms with Crippen LogP contribution in [0.4, 0.5) is 4.39 Å². The zero-order valence-electron chi connectivity index (χ0n) is 12.1. The number of amides is 1. The molecule has 0 unspecified atom stereocenters. The first-order chi connectivity index (χ1) is 10.0. The van der Waals surface area contributed by atoms with Gasteiger partial charge in [0.15, 0.2) is 0 Å². The fraction of sp³-hybridized carbons (Fsp3) is 0.167. The van der Waals surface area contributed by atoms with Crippen molar-refractivity contribution in [3.8, 4) is 0 Å². The fourth-order valence-electron chi connectivity index (χ4n) is 2.04. The van der Waals surface area contributed by atoms with Gasteiger partial charge in [-0.05, 0) is 43.2 Å². The van der Waals surface area contributed by atoms with E-state index >= 15 is 0 Å². The Balaban J connectivity index is 1.96. The summed E-state index contributed by atoms with van der Waals surface area (Å²) < 4.78 is 12.9. The summed E-state index contributed by atoms with van der Waals surface area (Å²) in [4.78, 5) is 11.9. The minimum Gasteiger partial charge on any atom is -0.346 e. The largest absolute Gasteiger partial charge is 0.346 e. The van der Waals surface area contributed by atoms with E-state index in [1.807, 2.05) is 38.1 Å². The summed E-state index contributed by atoms with van der Waals surface area (Å²) in [6.07, 6.45) is 3.29. The second kappa shape index (κ2) is 6.84. The Hall–Kier alpha value is -2.42. The van der Waals surface area contributed by atoms with E-state index in [2.05, 4.69) is 5.32 Å². The van der Waals surface area contributed by atoms with Crippen LogP contribution in [-0.2, 0) is 4.79 Å². The molecule has 0 saturated carbocycles. The van der Waals surface area contributed by atoms with Crippen molar-refractivity contribution in [3.05, 3.63) is 77.1 Å². The molecule has 0 saturated heterocycles. The van der Waals surface area contributed by atoms with E-state index in [1.54, 1.807) is 18.2 Å². The minimum atomic E-state index is -0.281. The third-order valence-electron chi connectivity index (χ3n) is 3.20. The first kappa shape index (κ1) is 15.0. The average Bonchev–Trinajstić information content (AvgIpc) is 2.46. The highest BCUT2D eigenvalue weighted by Gasteiger charge is 2.07. The monoisotopic (exact) mass is 283 g/mol. The second-order valence-electron chi connectivity index (χ2n) is 5.03. The minimum absolute atomic E-state index is 0.166. The lowest BCUT2D eigenvalue weighted by Crippen LogP contribution is -2.24. The normalized spacial score (nSPS) is 12.3. The highest BCUT2D eigenvalue weighted by atomic mass is 19.1. The maximum Gasteiger partial charge on any atom is 0.244 e. The Morgan fingerprint density at radius 1 is 1.19 bits per heavy atom. The van der Waals surface area contributed by atoms with Crippen LogP contribution < -0.4 is 5.32 Å². The molecule has 0 aromatic heterocycles. The van der Waals surface area contributed by atoms with Crippen LogP contribution in [0.15, 0.2) is 54.6 Å². The topological polar surface area (TPSA) is 29.1 Å². The number of rotatable bonds is 4. The van der Waals surface area contributed by atoms with Crippen molar-refractivity contribution in [2.24, 2.45) is 0 Å². The van der Waals surface area contributed by atoms with Crippen LogP contribution in [0.25, 0.3) is 6.08 Å². The fourth-order valence-corrected chi connectivity index (χ4v) is 2.04. The number of benzene rings is 2. The van der Waals surface area contributed by atoms with E-state index < -0.39 is 0 Å². The highest BCUT2D eigenvalue weighted by molar-refractivity contribution is 5.91. The Morgan fingerprint density at radius 3 is 2.57 bits per heavy atom. The molecule has 2 nitrogen and oxygen atoms in total. The number of halogens is 1. The van der Waals surface area contributed by atoms with Crippen molar-refractivity contribution in [2.75, 3.05) is 0 Å². The lowest BCUT2D eigenvalue weighted by Gasteiger charge is -2.12. The van der Waals surface area contributed by atoms with Crippen LogP contribution in [0.2, 0.25) is 0 Å². The SMILES string of the molecule is Cc1cccc(/C=C/C(=O)N[C@@H](C)c2ccc(F)cc2)c1. The van der Waals surface area contributed by atoms with Crippen molar-refractivity contribution < 1.29 is 9.18 Å². The highest BCUT2D eigenvalue weighted by Crippen LogP contribution is 2.13. The van der Waals surface area contributed by atoms with Gasteiger partial charge < -0.3 is 5.32 Å². The van der Waals surface area contributed by atoms with Gasteiger partial charge in [-0.1, -0.05) is 42.0 Å². The lowest BCUT2D eigenvalue weighted by atomic mass is 10.1. The van der Waals surface area contributed by atoms with Crippen molar-refractivity contribution >= 4 is 12.0 Å². The molecule has 1 atom stereocenters. The van der Waals surface area contributed by atoms with E-state index in [9.17, 15) is 9.18 Å². The predicted octanol–water partition coefficient (Wildman–Crippen LogP) is 4.02. The van der Waals surface area contributed by atoms with Gasteiger partial charge in [-0.2, -0.15) is 0 Å². The molecule has 0 aliphatic heterocycles. The maximum absolute atomic E-state index is 12.9. The van der Waals surface area contributed by atoms with Gasteiger partial charge in [0.05, 0.1) is 6.04 Å². The average molecular weight is 283 g/mol. The van der Waals surface area contributed by atoms with Gasteiger partial charge in [-0.25, -0.2) is 4.39 Å². The second-order valence-corrected chi connectivity index (χ2v) is 5.03. The molecular formula is C18H18FNO. The summed E-state index contributed by atoms with van der Waals surface area (Å²) >= 11 is 0. The predicted molar refractivity (Wildman–Crippen MR) is 83.2 cm³/mol. The zero-order valence-corrected chi connectivity index (χ0v) is 12.1. The van der Waals surface area contributed by atoms with Gasteiger partial charge in [-0.3, -0.25) is 4.79 Å². The Morgan fingerprint density at radius 2 is 1.90 bits per heavy atom. The van der Waals surface area contributed by atoms with Gasteiger partial charge in [-0.15, -0.1) is 0 Å². The molecule has 0 aliphatic rings. The third-order valence-corrected chi connectivity index (χ3v) is 3.20. The molecule has 0 spiro atoms. The van der Waals surface area contributed by atoms with Gasteiger partial charge in [0, 0.05) is 6.08 Å². The third kappa shape index (κ3) is 4.56. The van der Waals surface area contributed by atoms with Gasteiger partial charge >= 0.3 is 0 Å². The van der Waals surface area contributed by atoms with Gasteiger partial charge in [0.1, 0.15) is 5.82 Å². The van der Waals surface area contributed by atoms with Crippen molar-refractivity contribution in [1.29, 1.82) is 0 Å². The maximum atomic E-state index is 12.9. The Labute approximate surface area is 124 Å². The summed E-state index contributed by atoms with van der Waals surface area (Å²) in [5.41, 5.74) is 3.01. The van der Waals surface area contributed by atoms with Crippen LogP contribution in [0.3, 0.4) is 0 Å². The molecule has 0 fully saturated rings. The lowest BCUT2D eigenvalue weighted by molar-refractivity contribution is -0.117. The summed E-state index contributed by atoms with van der Waals surface area (Å²) in [6.45, 7) is 3.87. The molecule has 2 aromatic rings. The van der Waals surface area contributed by atoms with Crippen LogP contribution >= 0.6 is 0 Å². The molecule has 3 heteroatoms. The summed E-state index contributed by atoms with van der Waals surface area (Å²) in [5, 5.41) is 2.85. The standard InChI is InChI=1S/C18H18FNO/c1-13-4-3-5-15(12-13)6-11-18(21)20-14(2)16-7-9-17(19)10-8-16/h3-12,14H,1-2H3,(H,20,21)/b11-6+/t14-/m0/s1. The number of carbonyl (C=O) groups excluding carboxylic acids is 1. The molecular weight excluding hydrogens is 265 g/mol. The first-order valence-corrected chi connectivity index (χ1v) is 6.85. The molecule has 21 heavy (non-hydrogen) atoms. The van der Waals surface area contributed by atoms with Crippen LogP contribution in [0.5, 0.6) is 0 Å². The van der Waals surface area contributed by atoms with Crippen molar-refractivity contribution in [1.82, 2.24) is 5.32 Å². The van der Waals surface area contributed by atoms with Gasteiger partial charge in [0.25, 0.3) is 0 Å². The molecule has 0 bridgehead atoms. The van der Waals surface area contributed by atoms with Crippen LogP contribution in [0.1, 0.15) is 29.7 Å². The summed E-state index contributed by atoms with van der Waals surface area (Å²) in [7, 11) is 0. The molecule has 0 aliphatic carbocycles. The molecule has 108 valence electrons. The molecule has 1 amide bonds. The van der Waals surface area contributed by atoms with Crippen molar-refractivity contribution in [2.45, 2.75) is 19.9 Å². The van der Waals surface area contributed by atoms with Gasteiger partial charge in [0.2, 0.25) is 5.91 Å². The molecule has 1 N–H and O–H groups in total. The summed E-state index contributed by atoms with van der Waals surface area (Å²) in [6, 6.07) is 13.9. The van der Waals surface area contributed by atoms with E-state index in [4.69, 9.17) is 0 Å². The Bertz CT molecular complexity index is 647. The quantitative estimate of drug-likeness (QED) is 0.843. The summed E-state index contributed by atoms with van der Waals surface area (Å²) in [5.74, 6) is -0.454. The van der Waals surface area contributed by atoms with E-state index in [1.165, 1.54) is 18.2 Å². The zero-order chi connectivity index (χ0) is 15.2. The van der Waals surface area contributed by atoms with E-state index in [-0.39, 0.29) is 17.8 Å². The van der Waals surface area contributed by atoms with Crippen LogP contribution in [0, 0.1) is 12.7 Å². The molecule has 2 rings (SSSR count).